The van der Waals surface area contributed by atoms with Gasteiger partial charge in [0.15, 0.2) is 0 Å². The first-order chi connectivity index (χ1) is 15.2. The molecule has 0 aromatic carbocycles. The largest absolute Gasteiger partial charge is 0.465 e. The van der Waals surface area contributed by atoms with Crippen molar-refractivity contribution in [3.05, 3.63) is 36.8 Å². The molecule has 1 aliphatic heterocycles. The highest BCUT2D eigenvalue weighted by atomic mass is 79.9. The third-order valence-corrected chi connectivity index (χ3v) is 7.75. The molecule has 0 spiro atoms. The normalized spacial score (nSPS) is 29.1. The molecule has 1 aliphatic carbocycles. The Kier molecular flexibility index (Phi) is 6.91. The average Bonchev–Trinajstić information content (AvgIpc) is 3.25. The Morgan fingerprint density at radius 3 is 2.62 bits per heavy atom. The number of ether oxygens (including phenoxy) is 1. The fourth-order valence-electron chi connectivity index (χ4n) is 5.26. The lowest BCUT2D eigenvalue weighted by molar-refractivity contribution is -0.112. The van der Waals surface area contributed by atoms with E-state index in [4.69, 9.17) is 9.84 Å². The van der Waals surface area contributed by atoms with Crippen LogP contribution in [0.2, 0.25) is 0 Å². The molecule has 1 saturated heterocycles. The monoisotopic (exact) mass is 504 g/mol. The van der Waals surface area contributed by atoms with Gasteiger partial charge in [0.25, 0.3) is 0 Å². The van der Waals surface area contributed by atoms with Crippen molar-refractivity contribution in [1.29, 1.82) is 0 Å². The minimum atomic E-state index is -0.847. The number of piperidine rings is 1. The molecule has 2 aromatic heterocycles. The van der Waals surface area contributed by atoms with E-state index in [2.05, 4.69) is 46.4 Å². The summed E-state index contributed by atoms with van der Waals surface area (Å²) < 4.78 is 8.72. The van der Waals surface area contributed by atoms with Crippen molar-refractivity contribution in [1.82, 2.24) is 19.7 Å². The summed E-state index contributed by atoms with van der Waals surface area (Å²) in [6.07, 6.45) is 9.32. The lowest BCUT2D eigenvalue weighted by Crippen LogP contribution is -2.58. The molecule has 1 saturated carbocycles. The van der Waals surface area contributed by atoms with Crippen LogP contribution in [0.1, 0.15) is 58.9 Å². The Bertz CT molecular complexity index is 913. The number of halogens is 1. The van der Waals surface area contributed by atoms with E-state index >= 15 is 0 Å². The second kappa shape index (κ2) is 9.51. The lowest BCUT2D eigenvalue weighted by atomic mass is 9.78. The van der Waals surface area contributed by atoms with E-state index in [1.54, 1.807) is 17.3 Å². The van der Waals surface area contributed by atoms with E-state index in [-0.39, 0.29) is 29.7 Å². The van der Waals surface area contributed by atoms with Gasteiger partial charge in [-0.15, -0.1) is 0 Å². The Morgan fingerprint density at radius 1 is 1.19 bits per heavy atom. The van der Waals surface area contributed by atoms with Gasteiger partial charge in [-0.25, -0.2) is 4.79 Å². The van der Waals surface area contributed by atoms with Gasteiger partial charge in [-0.05, 0) is 55.7 Å². The number of hydrogen-bond acceptors (Lipinski definition) is 4. The van der Waals surface area contributed by atoms with Crippen LogP contribution < -0.4 is 0 Å². The van der Waals surface area contributed by atoms with Gasteiger partial charge < -0.3 is 14.7 Å². The van der Waals surface area contributed by atoms with Crippen molar-refractivity contribution in [3.8, 4) is 11.3 Å². The number of carboxylic acid groups (broad SMARTS) is 1. The first-order valence-electron chi connectivity index (χ1n) is 11.5. The smallest absolute Gasteiger partial charge is 0.407 e. The number of hydrogen-bond donors (Lipinski definition) is 1. The van der Waals surface area contributed by atoms with Crippen LogP contribution in [0, 0.1) is 5.41 Å². The van der Waals surface area contributed by atoms with Gasteiger partial charge in [-0.1, -0.05) is 36.7 Å². The van der Waals surface area contributed by atoms with E-state index in [0.717, 1.165) is 43.4 Å². The van der Waals surface area contributed by atoms with Crippen LogP contribution in [0.15, 0.2) is 36.8 Å². The summed E-state index contributed by atoms with van der Waals surface area (Å²) in [5.74, 6) is 0. The Hall–Kier alpha value is -1.93. The quantitative estimate of drug-likeness (QED) is 0.565. The average molecular weight is 505 g/mol. The van der Waals surface area contributed by atoms with Gasteiger partial charge in [0.05, 0.1) is 30.0 Å². The van der Waals surface area contributed by atoms with Crippen molar-refractivity contribution >= 4 is 22.0 Å². The molecule has 5 atom stereocenters. The molecule has 8 heteroatoms. The van der Waals surface area contributed by atoms with Crippen LogP contribution in [-0.2, 0) is 4.74 Å². The van der Waals surface area contributed by atoms with E-state index in [1.807, 2.05) is 24.4 Å². The van der Waals surface area contributed by atoms with Crippen molar-refractivity contribution in [2.75, 3.05) is 6.54 Å². The summed E-state index contributed by atoms with van der Waals surface area (Å²) >= 11 is 3.87. The molecule has 5 unspecified atom stereocenters. The van der Waals surface area contributed by atoms with E-state index in [9.17, 15) is 9.90 Å². The highest BCUT2D eigenvalue weighted by Crippen LogP contribution is 2.39. The zero-order chi connectivity index (χ0) is 22.9. The van der Waals surface area contributed by atoms with Crippen LogP contribution in [-0.4, -0.2) is 60.5 Å². The molecule has 2 aromatic rings. The number of nitrogens with zero attached hydrogens (tertiary/aromatic N) is 4. The zero-order valence-corrected chi connectivity index (χ0v) is 20.6. The summed E-state index contributed by atoms with van der Waals surface area (Å²) in [6.45, 7) is 6.91. The number of amides is 1. The van der Waals surface area contributed by atoms with E-state index in [1.165, 1.54) is 0 Å². The maximum absolute atomic E-state index is 11.9. The van der Waals surface area contributed by atoms with Crippen LogP contribution in [0.3, 0.4) is 0 Å². The third-order valence-electron chi connectivity index (χ3n) is 6.69. The van der Waals surface area contributed by atoms with Gasteiger partial charge in [0, 0.05) is 35.5 Å². The molecule has 2 fully saturated rings. The standard InChI is InChI=1S/C24H33BrN4O3/c1-24(2,3)22-21(5-4-13-28(22)23(30)31)32-17-6-7-18(25)20(15-17)29-14-10-19(27-29)16-8-11-26-12-9-16/h8-12,14,17-18,20-22H,4-7,13,15H2,1-3H3,(H,30,31). The molecule has 3 heterocycles. The number of rotatable bonds is 4. The molecule has 1 N–H and O–H groups in total. The molecule has 174 valence electrons. The lowest BCUT2D eigenvalue weighted by Gasteiger charge is -2.48. The predicted octanol–water partition coefficient (Wildman–Crippen LogP) is 5.38. The molecule has 32 heavy (non-hydrogen) atoms. The van der Waals surface area contributed by atoms with Gasteiger partial charge in [0.1, 0.15) is 0 Å². The van der Waals surface area contributed by atoms with E-state index in [0.29, 0.717) is 11.4 Å². The molecule has 7 nitrogen and oxygen atoms in total. The first-order valence-corrected chi connectivity index (χ1v) is 12.4. The summed E-state index contributed by atoms with van der Waals surface area (Å²) in [5, 5.41) is 14.6. The van der Waals surface area contributed by atoms with Gasteiger partial charge in [-0.3, -0.25) is 9.67 Å². The van der Waals surface area contributed by atoms with Crippen molar-refractivity contribution in [2.24, 2.45) is 5.41 Å². The van der Waals surface area contributed by atoms with Gasteiger partial charge in [0.2, 0.25) is 0 Å². The molecule has 0 radical (unpaired) electrons. The van der Waals surface area contributed by atoms with Crippen LogP contribution >= 0.6 is 15.9 Å². The van der Waals surface area contributed by atoms with Crippen LogP contribution in [0.25, 0.3) is 11.3 Å². The maximum Gasteiger partial charge on any atom is 0.407 e. The van der Waals surface area contributed by atoms with Crippen molar-refractivity contribution in [3.63, 3.8) is 0 Å². The number of pyridine rings is 1. The topological polar surface area (TPSA) is 80.5 Å². The second-order valence-electron chi connectivity index (χ2n) is 10.0. The molecule has 2 aliphatic rings. The SMILES string of the molecule is CC(C)(C)C1C(OC2CCC(Br)C(n3ccc(-c4ccncc4)n3)C2)CCCN1C(=O)O. The fourth-order valence-corrected chi connectivity index (χ4v) is 5.98. The van der Waals surface area contributed by atoms with Crippen molar-refractivity contribution < 1.29 is 14.6 Å². The number of alkyl halides is 1. The molecule has 4 rings (SSSR count). The molecular weight excluding hydrogens is 472 g/mol. The summed E-state index contributed by atoms with van der Waals surface area (Å²) in [5.41, 5.74) is 1.81. The number of aromatic nitrogens is 3. The summed E-state index contributed by atoms with van der Waals surface area (Å²) in [4.78, 5) is 17.9. The van der Waals surface area contributed by atoms with Crippen LogP contribution in [0.4, 0.5) is 4.79 Å². The molecule has 1 amide bonds. The highest BCUT2D eigenvalue weighted by molar-refractivity contribution is 9.09. The first kappa shape index (κ1) is 23.2. The number of likely N-dealkylation sites (tertiary alicyclic amines) is 1. The predicted molar refractivity (Wildman–Crippen MR) is 127 cm³/mol. The van der Waals surface area contributed by atoms with Crippen molar-refractivity contribution in [2.45, 2.75) is 82.0 Å². The zero-order valence-electron chi connectivity index (χ0n) is 19.0. The maximum atomic E-state index is 11.9. The fraction of sp³-hybridized carbons (Fsp3) is 0.625. The van der Waals surface area contributed by atoms with Crippen LogP contribution in [0.5, 0.6) is 0 Å². The second-order valence-corrected chi connectivity index (χ2v) is 11.2. The Morgan fingerprint density at radius 2 is 1.94 bits per heavy atom. The highest BCUT2D eigenvalue weighted by Gasteiger charge is 2.44. The van der Waals surface area contributed by atoms with E-state index < -0.39 is 6.09 Å². The van der Waals surface area contributed by atoms with Gasteiger partial charge in [-0.2, -0.15) is 5.10 Å². The number of carbonyl (C=O) groups is 1. The summed E-state index contributed by atoms with van der Waals surface area (Å²) in [6, 6.07) is 6.03. The van der Waals surface area contributed by atoms with Gasteiger partial charge >= 0.3 is 6.09 Å². The molecule has 0 bridgehead atoms. The Labute approximate surface area is 198 Å². The summed E-state index contributed by atoms with van der Waals surface area (Å²) in [7, 11) is 0. The minimum absolute atomic E-state index is 0.0811. The Balaban J connectivity index is 1.48. The third kappa shape index (κ3) is 5.01. The molecular formula is C24H33BrN4O3. The minimum Gasteiger partial charge on any atom is -0.465 e.